The van der Waals surface area contributed by atoms with E-state index in [2.05, 4.69) is 22.2 Å². The Kier molecular flexibility index (Phi) is 3.66. The molecular formula is C21H14Cl2N2O. The van der Waals surface area contributed by atoms with Gasteiger partial charge in [0.1, 0.15) is 0 Å². The van der Waals surface area contributed by atoms with Gasteiger partial charge < -0.3 is 9.64 Å². The predicted octanol–water partition coefficient (Wildman–Crippen LogP) is 6.31. The Morgan fingerprint density at radius 3 is 2.77 bits per heavy atom. The fourth-order valence-corrected chi connectivity index (χ4v) is 3.99. The molecule has 0 spiro atoms. The van der Waals surface area contributed by atoms with Crippen molar-refractivity contribution in [3.8, 4) is 11.5 Å². The first kappa shape index (κ1) is 15.7. The van der Waals surface area contributed by atoms with Crippen LogP contribution in [0.3, 0.4) is 0 Å². The highest BCUT2D eigenvalue weighted by Gasteiger charge is 2.30. The molecule has 2 aliphatic rings. The number of halogens is 2. The summed E-state index contributed by atoms with van der Waals surface area (Å²) in [6.07, 6.45) is 7.58. The van der Waals surface area contributed by atoms with Gasteiger partial charge in [0.05, 0.1) is 11.4 Å². The van der Waals surface area contributed by atoms with Crippen molar-refractivity contribution >= 4 is 34.6 Å². The van der Waals surface area contributed by atoms with E-state index in [1.54, 1.807) is 6.20 Å². The van der Waals surface area contributed by atoms with Crippen LogP contribution in [0.15, 0.2) is 66.6 Å². The number of fused-ring (bicyclic) bond motifs is 2. The summed E-state index contributed by atoms with van der Waals surface area (Å²) in [4.78, 5) is 6.41. The number of ether oxygens (including phenoxy) is 1. The quantitative estimate of drug-likeness (QED) is 0.520. The van der Waals surface area contributed by atoms with E-state index < -0.39 is 0 Å². The Morgan fingerprint density at radius 1 is 1.04 bits per heavy atom. The molecule has 5 rings (SSSR count). The van der Waals surface area contributed by atoms with Crippen molar-refractivity contribution in [1.29, 1.82) is 0 Å². The molecule has 0 saturated carbocycles. The van der Waals surface area contributed by atoms with Crippen LogP contribution in [0, 0.1) is 0 Å². The molecule has 0 amide bonds. The molecule has 3 aromatic rings. The zero-order valence-electron chi connectivity index (χ0n) is 13.7. The fraction of sp³-hybridized carbons (Fsp3) is 0.0952. The Balaban J connectivity index is 1.64. The largest absolute Gasteiger partial charge is 0.453 e. The minimum absolute atomic E-state index is 0.644. The third-order valence-corrected chi connectivity index (χ3v) is 5.10. The highest BCUT2D eigenvalue weighted by molar-refractivity contribution is 6.31. The molecule has 5 heteroatoms. The molecule has 2 aliphatic heterocycles. The zero-order valence-corrected chi connectivity index (χ0v) is 15.3. The van der Waals surface area contributed by atoms with Crippen molar-refractivity contribution in [2.45, 2.75) is 12.8 Å². The van der Waals surface area contributed by atoms with Crippen LogP contribution in [0.25, 0.3) is 0 Å². The molecule has 0 saturated heterocycles. The van der Waals surface area contributed by atoms with E-state index in [0.717, 1.165) is 41.3 Å². The van der Waals surface area contributed by atoms with Crippen LogP contribution in [0.2, 0.25) is 10.0 Å². The first-order chi connectivity index (χ1) is 12.7. The molecule has 2 aromatic carbocycles. The molecule has 26 heavy (non-hydrogen) atoms. The first-order valence-corrected chi connectivity index (χ1v) is 9.10. The van der Waals surface area contributed by atoms with Crippen molar-refractivity contribution in [2.24, 2.45) is 0 Å². The van der Waals surface area contributed by atoms with Crippen LogP contribution >= 0.6 is 23.2 Å². The fourth-order valence-electron chi connectivity index (χ4n) is 3.60. The molecule has 3 heterocycles. The Hall–Kier alpha value is -2.49. The standard InChI is InChI=1S/C21H14Cl2N2O/c22-16-3-4-18-19(9-16)26-20-10-17(23)8-15-7-14(12-25(18)21(15)20)6-13-2-1-5-24-11-13/h1-5,8-12H,6-7H2. The Morgan fingerprint density at radius 2 is 1.92 bits per heavy atom. The van der Waals surface area contributed by atoms with Crippen LogP contribution in [-0.4, -0.2) is 4.98 Å². The van der Waals surface area contributed by atoms with Gasteiger partial charge in [0.2, 0.25) is 0 Å². The lowest BCUT2D eigenvalue weighted by molar-refractivity contribution is 0.475. The van der Waals surface area contributed by atoms with Gasteiger partial charge in [-0.05, 0) is 53.8 Å². The topological polar surface area (TPSA) is 25.4 Å². The summed E-state index contributed by atoms with van der Waals surface area (Å²) in [5, 5.41) is 1.32. The summed E-state index contributed by atoms with van der Waals surface area (Å²) in [6.45, 7) is 0. The van der Waals surface area contributed by atoms with Gasteiger partial charge in [-0.25, -0.2) is 0 Å². The van der Waals surface area contributed by atoms with Crippen LogP contribution < -0.4 is 9.64 Å². The van der Waals surface area contributed by atoms with Gasteiger partial charge in [-0.2, -0.15) is 0 Å². The number of rotatable bonds is 2. The summed E-state index contributed by atoms with van der Waals surface area (Å²) in [5.41, 5.74) is 5.68. The minimum Gasteiger partial charge on any atom is -0.453 e. The molecule has 0 N–H and O–H groups in total. The Bertz CT molecular complexity index is 1050. The molecule has 0 atom stereocenters. The van der Waals surface area contributed by atoms with Gasteiger partial charge in [0, 0.05) is 40.8 Å². The van der Waals surface area contributed by atoms with E-state index >= 15 is 0 Å². The lowest BCUT2D eigenvalue weighted by Gasteiger charge is -2.36. The van der Waals surface area contributed by atoms with Gasteiger partial charge >= 0.3 is 0 Å². The second-order valence-electron chi connectivity index (χ2n) is 6.50. The zero-order chi connectivity index (χ0) is 17.7. The third kappa shape index (κ3) is 2.64. The highest BCUT2D eigenvalue weighted by Crippen LogP contribution is 2.52. The third-order valence-electron chi connectivity index (χ3n) is 4.64. The number of nitrogens with zero attached hydrogens (tertiary/aromatic N) is 2. The maximum Gasteiger partial charge on any atom is 0.153 e. The van der Waals surface area contributed by atoms with E-state index in [-0.39, 0.29) is 0 Å². The van der Waals surface area contributed by atoms with Crippen LogP contribution in [-0.2, 0) is 12.8 Å². The normalized spacial score (nSPS) is 14.2. The van der Waals surface area contributed by atoms with Crippen LogP contribution in [0.1, 0.15) is 11.1 Å². The molecule has 128 valence electrons. The number of hydrogen-bond donors (Lipinski definition) is 0. The molecule has 3 nitrogen and oxygen atoms in total. The van der Waals surface area contributed by atoms with E-state index in [0.29, 0.717) is 10.0 Å². The molecule has 1 aromatic heterocycles. The SMILES string of the molecule is Clc1ccc2c(c1)Oc1cc(Cl)cc3c1N2C=C(Cc1cccnc1)C3. The average molecular weight is 381 g/mol. The monoisotopic (exact) mass is 380 g/mol. The smallest absolute Gasteiger partial charge is 0.153 e. The highest BCUT2D eigenvalue weighted by atomic mass is 35.5. The van der Waals surface area contributed by atoms with Crippen LogP contribution in [0.5, 0.6) is 11.5 Å². The Labute approximate surface area is 161 Å². The summed E-state index contributed by atoms with van der Waals surface area (Å²) in [7, 11) is 0. The van der Waals surface area contributed by atoms with E-state index in [1.165, 1.54) is 11.1 Å². The minimum atomic E-state index is 0.644. The van der Waals surface area contributed by atoms with Gasteiger partial charge in [0.25, 0.3) is 0 Å². The van der Waals surface area contributed by atoms with Gasteiger partial charge in [-0.3, -0.25) is 4.98 Å². The number of aromatic nitrogens is 1. The predicted molar refractivity (Wildman–Crippen MR) is 105 cm³/mol. The van der Waals surface area contributed by atoms with E-state index in [4.69, 9.17) is 27.9 Å². The van der Waals surface area contributed by atoms with Crippen molar-refractivity contribution in [2.75, 3.05) is 4.90 Å². The molecule has 0 radical (unpaired) electrons. The molecule has 0 fully saturated rings. The first-order valence-electron chi connectivity index (χ1n) is 8.35. The number of pyridine rings is 1. The van der Waals surface area contributed by atoms with Crippen molar-refractivity contribution < 1.29 is 4.74 Å². The van der Waals surface area contributed by atoms with Crippen molar-refractivity contribution in [3.05, 3.63) is 87.8 Å². The summed E-state index contributed by atoms with van der Waals surface area (Å²) in [5.74, 6) is 1.50. The molecular weight excluding hydrogens is 367 g/mol. The van der Waals surface area contributed by atoms with Gasteiger partial charge in [-0.15, -0.1) is 0 Å². The maximum atomic E-state index is 6.34. The second kappa shape index (κ2) is 6.04. The second-order valence-corrected chi connectivity index (χ2v) is 7.37. The van der Waals surface area contributed by atoms with Crippen LogP contribution in [0.4, 0.5) is 11.4 Å². The number of allylic oxidation sites excluding steroid dienone is 1. The molecule has 0 bridgehead atoms. The number of anilines is 2. The summed E-state index contributed by atoms with van der Waals surface area (Å²) in [6, 6.07) is 13.7. The molecule has 0 unspecified atom stereocenters. The summed E-state index contributed by atoms with van der Waals surface area (Å²) < 4.78 is 6.09. The van der Waals surface area contributed by atoms with Gasteiger partial charge in [-0.1, -0.05) is 29.3 Å². The number of hydrogen-bond acceptors (Lipinski definition) is 3. The van der Waals surface area contributed by atoms with E-state index in [9.17, 15) is 0 Å². The lowest BCUT2D eigenvalue weighted by Crippen LogP contribution is -2.22. The van der Waals surface area contributed by atoms with Crippen molar-refractivity contribution in [3.63, 3.8) is 0 Å². The lowest BCUT2D eigenvalue weighted by atomic mass is 9.93. The number of benzene rings is 2. The van der Waals surface area contributed by atoms with Gasteiger partial charge in [0.15, 0.2) is 11.5 Å². The van der Waals surface area contributed by atoms with E-state index in [1.807, 2.05) is 42.6 Å². The van der Waals surface area contributed by atoms with Crippen molar-refractivity contribution in [1.82, 2.24) is 4.98 Å². The average Bonchev–Trinajstić information content (AvgIpc) is 2.61. The maximum absolute atomic E-state index is 6.34. The summed E-state index contributed by atoms with van der Waals surface area (Å²) >= 11 is 12.5. The molecule has 0 aliphatic carbocycles.